The summed E-state index contributed by atoms with van der Waals surface area (Å²) in [5.41, 5.74) is 7.74. The van der Waals surface area contributed by atoms with Crippen molar-refractivity contribution in [1.82, 2.24) is 0 Å². The van der Waals surface area contributed by atoms with Crippen molar-refractivity contribution < 1.29 is 9.47 Å². The Labute approximate surface area is 112 Å². The standard InChI is InChI=1S/C15H14N2O2/c1-18-14-7-6-13(17)8-12(14)10-19-15-5-3-2-4-11(15)9-16/h2-8H,10,17H2,1H3. The zero-order valence-corrected chi connectivity index (χ0v) is 10.6. The van der Waals surface area contributed by atoms with Crippen LogP contribution < -0.4 is 15.2 Å². The molecule has 4 nitrogen and oxygen atoms in total. The molecule has 0 aliphatic rings. The summed E-state index contributed by atoms with van der Waals surface area (Å²) in [7, 11) is 1.60. The molecule has 0 atom stereocenters. The third-order valence-electron chi connectivity index (χ3n) is 2.70. The quantitative estimate of drug-likeness (QED) is 0.852. The van der Waals surface area contributed by atoms with Crippen molar-refractivity contribution in [2.45, 2.75) is 6.61 Å². The van der Waals surface area contributed by atoms with Crippen LogP contribution in [0.5, 0.6) is 11.5 Å². The molecule has 2 aromatic carbocycles. The Hall–Kier alpha value is -2.67. The molecule has 0 saturated carbocycles. The highest BCUT2D eigenvalue weighted by atomic mass is 16.5. The van der Waals surface area contributed by atoms with Gasteiger partial charge < -0.3 is 15.2 Å². The number of para-hydroxylation sites is 1. The third-order valence-corrected chi connectivity index (χ3v) is 2.70. The van der Waals surface area contributed by atoms with Crippen molar-refractivity contribution in [2.75, 3.05) is 12.8 Å². The summed E-state index contributed by atoms with van der Waals surface area (Å²) in [5.74, 6) is 1.26. The van der Waals surface area contributed by atoms with Crippen LogP contribution in [-0.4, -0.2) is 7.11 Å². The summed E-state index contributed by atoms with van der Waals surface area (Å²) < 4.78 is 10.9. The minimum absolute atomic E-state index is 0.299. The second kappa shape index (κ2) is 5.78. The molecule has 2 N–H and O–H groups in total. The van der Waals surface area contributed by atoms with E-state index in [-0.39, 0.29) is 0 Å². The number of anilines is 1. The van der Waals surface area contributed by atoms with Gasteiger partial charge in [0, 0.05) is 11.3 Å². The van der Waals surface area contributed by atoms with Gasteiger partial charge in [-0.25, -0.2) is 0 Å². The number of hydrogen-bond acceptors (Lipinski definition) is 4. The van der Waals surface area contributed by atoms with Crippen molar-refractivity contribution in [3.05, 3.63) is 53.6 Å². The first-order chi connectivity index (χ1) is 9.24. The first-order valence-electron chi connectivity index (χ1n) is 5.79. The fourth-order valence-electron chi connectivity index (χ4n) is 1.75. The fourth-order valence-corrected chi connectivity index (χ4v) is 1.75. The summed E-state index contributed by atoms with van der Waals surface area (Å²) in [6.07, 6.45) is 0. The minimum atomic E-state index is 0.299. The lowest BCUT2D eigenvalue weighted by Crippen LogP contribution is -2.01. The van der Waals surface area contributed by atoms with Crippen LogP contribution in [0.2, 0.25) is 0 Å². The summed E-state index contributed by atoms with van der Waals surface area (Å²) in [5, 5.41) is 8.99. The van der Waals surface area contributed by atoms with E-state index in [1.807, 2.05) is 6.07 Å². The molecule has 0 radical (unpaired) electrons. The van der Waals surface area contributed by atoms with E-state index in [0.29, 0.717) is 29.4 Å². The zero-order chi connectivity index (χ0) is 13.7. The number of ether oxygens (including phenoxy) is 2. The first kappa shape index (κ1) is 12.8. The van der Waals surface area contributed by atoms with Gasteiger partial charge in [-0.2, -0.15) is 5.26 Å². The van der Waals surface area contributed by atoms with Gasteiger partial charge in [0.15, 0.2) is 0 Å². The molecule has 4 heteroatoms. The van der Waals surface area contributed by atoms with Crippen LogP contribution >= 0.6 is 0 Å². The number of nitrogens with two attached hydrogens (primary N) is 1. The van der Waals surface area contributed by atoms with E-state index in [2.05, 4.69) is 6.07 Å². The van der Waals surface area contributed by atoms with Gasteiger partial charge in [-0.05, 0) is 30.3 Å². The number of nitrogen functional groups attached to an aromatic ring is 1. The first-order valence-corrected chi connectivity index (χ1v) is 5.79. The van der Waals surface area contributed by atoms with Crippen LogP contribution in [0.1, 0.15) is 11.1 Å². The Morgan fingerprint density at radius 3 is 2.68 bits per heavy atom. The van der Waals surface area contributed by atoms with Gasteiger partial charge in [0.1, 0.15) is 24.2 Å². The van der Waals surface area contributed by atoms with Crippen molar-refractivity contribution in [2.24, 2.45) is 0 Å². The summed E-state index contributed by atoms with van der Waals surface area (Å²) in [4.78, 5) is 0. The van der Waals surface area contributed by atoms with E-state index in [4.69, 9.17) is 20.5 Å². The van der Waals surface area contributed by atoms with Crippen molar-refractivity contribution in [1.29, 1.82) is 5.26 Å². The van der Waals surface area contributed by atoms with Gasteiger partial charge in [-0.1, -0.05) is 12.1 Å². The number of hydrogen-bond donors (Lipinski definition) is 1. The van der Waals surface area contributed by atoms with Crippen molar-refractivity contribution in [3.63, 3.8) is 0 Å². The van der Waals surface area contributed by atoms with Crippen LogP contribution in [0.4, 0.5) is 5.69 Å². The molecule has 0 amide bonds. The maximum Gasteiger partial charge on any atom is 0.137 e. The lowest BCUT2D eigenvalue weighted by atomic mass is 10.2. The normalized spacial score (nSPS) is 9.68. The molecule has 96 valence electrons. The largest absolute Gasteiger partial charge is 0.496 e. The molecule has 0 aliphatic heterocycles. The van der Waals surface area contributed by atoms with Gasteiger partial charge in [-0.15, -0.1) is 0 Å². The highest BCUT2D eigenvalue weighted by Gasteiger charge is 2.06. The van der Waals surface area contributed by atoms with Gasteiger partial charge >= 0.3 is 0 Å². The maximum atomic E-state index is 8.99. The van der Waals surface area contributed by atoms with Crippen LogP contribution in [0.25, 0.3) is 0 Å². The van der Waals surface area contributed by atoms with Crippen LogP contribution in [-0.2, 0) is 6.61 Å². The van der Waals surface area contributed by atoms with E-state index >= 15 is 0 Å². The summed E-state index contributed by atoms with van der Waals surface area (Å²) >= 11 is 0. The SMILES string of the molecule is COc1ccc(N)cc1COc1ccccc1C#N. The molecule has 0 aromatic heterocycles. The molecule has 2 rings (SSSR count). The minimum Gasteiger partial charge on any atom is -0.496 e. The van der Waals surface area contributed by atoms with Crippen LogP contribution in [0.15, 0.2) is 42.5 Å². The number of nitriles is 1. The van der Waals surface area contributed by atoms with Crippen LogP contribution in [0.3, 0.4) is 0 Å². The monoisotopic (exact) mass is 254 g/mol. The Balaban J connectivity index is 2.19. The highest BCUT2D eigenvalue weighted by Crippen LogP contribution is 2.24. The third kappa shape index (κ3) is 2.96. The number of benzene rings is 2. The highest BCUT2D eigenvalue weighted by molar-refractivity contribution is 5.48. The van der Waals surface area contributed by atoms with Gasteiger partial charge in [0.05, 0.1) is 12.7 Å². The van der Waals surface area contributed by atoms with Crippen molar-refractivity contribution in [3.8, 4) is 17.6 Å². The molecule has 19 heavy (non-hydrogen) atoms. The smallest absolute Gasteiger partial charge is 0.137 e. The van der Waals surface area contributed by atoms with E-state index in [1.54, 1.807) is 43.5 Å². The average molecular weight is 254 g/mol. The van der Waals surface area contributed by atoms with E-state index < -0.39 is 0 Å². The Kier molecular flexibility index (Phi) is 3.89. The lowest BCUT2D eigenvalue weighted by molar-refractivity contribution is 0.296. The average Bonchev–Trinajstić information content (AvgIpc) is 2.45. The number of nitrogens with zero attached hydrogens (tertiary/aromatic N) is 1. The van der Waals surface area contributed by atoms with E-state index in [1.165, 1.54) is 0 Å². The Bertz CT molecular complexity index is 618. The molecule has 0 fully saturated rings. The maximum absolute atomic E-state index is 8.99. The van der Waals surface area contributed by atoms with E-state index in [9.17, 15) is 0 Å². The zero-order valence-electron chi connectivity index (χ0n) is 10.6. The summed E-state index contributed by atoms with van der Waals surface area (Å²) in [6, 6.07) is 14.6. The predicted molar refractivity (Wildman–Crippen MR) is 72.9 cm³/mol. The number of methoxy groups -OCH3 is 1. The Morgan fingerprint density at radius 1 is 1.16 bits per heavy atom. The van der Waals surface area contributed by atoms with Crippen LogP contribution in [0, 0.1) is 11.3 Å². The fraction of sp³-hybridized carbons (Fsp3) is 0.133. The second-order valence-electron chi connectivity index (χ2n) is 3.97. The molecule has 0 heterocycles. The van der Waals surface area contributed by atoms with Crippen molar-refractivity contribution >= 4 is 5.69 Å². The van der Waals surface area contributed by atoms with Gasteiger partial charge in [0.25, 0.3) is 0 Å². The van der Waals surface area contributed by atoms with Gasteiger partial charge in [0.2, 0.25) is 0 Å². The molecular formula is C15H14N2O2. The van der Waals surface area contributed by atoms with Gasteiger partial charge in [-0.3, -0.25) is 0 Å². The molecule has 0 spiro atoms. The van der Waals surface area contributed by atoms with E-state index in [0.717, 1.165) is 5.56 Å². The second-order valence-corrected chi connectivity index (χ2v) is 3.97. The topological polar surface area (TPSA) is 68.3 Å². The molecule has 0 saturated heterocycles. The molecule has 0 unspecified atom stereocenters. The lowest BCUT2D eigenvalue weighted by Gasteiger charge is -2.11. The number of rotatable bonds is 4. The Morgan fingerprint density at radius 2 is 1.95 bits per heavy atom. The predicted octanol–water partition coefficient (Wildman–Crippen LogP) is 2.73. The molecular weight excluding hydrogens is 240 g/mol. The molecule has 0 bridgehead atoms. The molecule has 0 aliphatic carbocycles. The molecule has 2 aromatic rings. The summed E-state index contributed by atoms with van der Waals surface area (Å²) in [6.45, 7) is 0.299.